The van der Waals surface area contributed by atoms with Crippen molar-refractivity contribution in [1.29, 1.82) is 0 Å². The zero-order valence-electron chi connectivity index (χ0n) is 14.6. The number of piperidine rings is 1. The topological polar surface area (TPSA) is 51.7 Å². The number of thiazole rings is 1. The van der Waals surface area contributed by atoms with E-state index in [-0.39, 0.29) is 18.2 Å². The molecule has 1 saturated heterocycles. The Hall–Kier alpha value is -1.14. The Bertz CT molecular complexity index is 485. The van der Waals surface area contributed by atoms with Crippen LogP contribution < -0.4 is 0 Å². The van der Waals surface area contributed by atoms with E-state index >= 15 is 0 Å². The fraction of sp³-hybridized carbons (Fsp3) is 0.765. The molecular weight excluding hydrogens is 312 g/mol. The van der Waals surface area contributed by atoms with Crippen LogP contribution in [0.5, 0.6) is 0 Å². The lowest BCUT2D eigenvalue weighted by atomic mass is 10.0. The third-order valence-corrected chi connectivity index (χ3v) is 4.81. The molecule has 2 rings (SSSR count). The molecule has 0 radical (unpaired) electrons. The lowest BCUT2D eigenvalue weighted by molar-refractivity contribution is -0.000262. The molecule has 6 heteroatoms. The predicted octanol–water partition coefficient (Wildman–Crippen LogP) is 4.40. The maximum atomic E-state index is 12.4. The van der Waals surface area contributed by atoms with Crippen LogP contribution in [0.25, 0.3) is 0 Å². The zero-order chi connectivity index (χ0) is 16.9. The molecule has 1 amide bonds. The van der Waals surface area contributed by atoms with Crippen molar-refractivity contribution in [3.8, 4) is 0 Å². The van der Waals surface area contributed by atoms with Crippen LogP contribution in [0.15, 0.2) is 11.6 Å². The largest absolute Gasteiger partial charge is 0.444 e. The van der Waals surface area contributed by atoms with Gasteiger partial charge in [0.05, 0.1) is 0 Å². The maximum absolute atomic E-state index is 12.4. The second-order valence-corrected chi connectivity index (χ2v) is 7.92. The molecule has 0 unspecified atom stereocenters. The minimum Gasteiger partial charge on any atom is -0.444 e. The standard InChI is InChI=1S/C17H28N2O3S/c1-13(15-18-9-12-23-15)21-11-8-14-7-5-6-10-19(14)16(20)22-17(2,3)4/h9,12-14H,5-8,10-11H2,1-4H3/t13-,14+/m1/s1. The molecule has 0 spiro atoms. The highest BCUT2D eigenvalue weighted by atomic mass is 32.1. The molecule has 5 nitrogen and oxygen atoms in total. The SMILES string of the molecule is C[C@@H](OCC[C@@H]1CCCCN1C(=O)OC(C)(C)C)c1nccs1. The summed E-state index contributed by atoms with van der Waals surface area (Å²) in [4.78, 5) is 18.5. The van der Waals surface area contributed by atoms with Crippen molar-refractivity contribution < 1.29 is 14.3 Å². The third kappa shape index (κ3) is 5.77. The number of aromatic nitrogens is 1. The smallest absolute Gasteiger partial charge is 0.410 e. The highest BCUT2D eigenvalue weighted by molar-refractivity contribution is 7.09. The molecule has 2 heterocycles. The summed E-state index contributed by atoms with van der Waals surface area (Å²) in [7, 11) is 0. The minimum absolute atomic E-state index is 0.00793. The molecule has 0 aliphatic carbocycles. The van der Waals surface area contributed by atoms with Crippen LogP contribution >= 0.6 is 11.3 Å². The van der Waals surface area contributed by atoms with Gasteiger partial charge in [0.25, 0.3) is 0 Å². The van der Waals surface area contributed by atoms with E-state index in [4.69, 9.17) is 9.47 Å². The number of likely N-dealkylation sites (tertiary alicyclic amines) is 1. The molecule has 1 aliphatic heterocycles. The van der Waals surface area contributed by atoms with Gasteiger partial charge in [0.1, 0.15) is 16.7 Å². The van der Waals surface area contributed by atoms with Crippen LogP contribution in [-0.2, 0) is 9.47 Å². The number of carbonyl (C=O) groups is 1. The summed E-state index contributed by atoms with van der Waals surface area (Å²) in [5, 5.41) is 2.96. The Morgan fingerprint density at radius 3 is 2.91 bits per heavy atom. The van der Waals surface area contributed by atoms with Gasteiger partial charge in [-0.25, -0.2) is 9.78 Å². The van der Waals surface area contributed by atoms with Crippen LogP contribution in [0.3, 0.4) is 0 Å². The monoisotopic (exact) mass is 340 g/mol. The van der Waals surface area contributed by atoms with Crippen molar-refractivity contribution in [2.45, 2.75) is 71.1 Å². The van der Waals surface area contributed by atoms with E-state index in [1.165, 1.54) is 0 Å². The van der Waals surface area contributed by atoms with Crippen molar-refractivity contribution in [2.24, 2.45) is 0 Å². The number of rotatable bonds is 5. The fourth-order valence-corrected chi connectivity index (χ4v) is 3.39. The van der Waals surface area contributed by atoms with Crippen LogP contribution in [-0.4, -0.2) is 40.8 Å². The molecule has 2 atom stereocenters. The van der Waals surface area contributed by atoms with Gasteiger partial charge >= 0.3 is 6.09 Å². The lowest BCUT2D eigenvalue weighted by Crippen LogP contribution is -2.46. The van der Waals surface area contributed by atoms with Crippen molar-refractivity contribution >= 4 is 17.4 Å². The highest BCUT2D eigenvalue weighted by Gasteiger charge is 2.30. The Morgan fingerprint density at radius 2 is 2.26 bits per heavy atom. The van der Waals surface area contributed by atoms with Gasteiger partial charge in [0.2, 0.25) is 0 Å². The fourth-order valence-electron chi connectivity index (χ4n) is 2.75. The van der Waals surface area contributed by atoms with Gasteiger partial charge in [0, 0.05) is 30.8 Å². The number of ether oxygens (including phenoxy) is 2. The molecule has 1 aromatic rings. The molecule has 0 N–H and O–H groups in total. The molecule has 1 aliphatic rings. The van der Waals surface area contributed by atoms with E-state index < -0.39 is 5.60 Å². The average Bonchev–Trinajstić information content (AvgIpc) is 3.00. The molecule has 1 aromatic heterocycles. The number of amides is 1. The highest BCUT2D eigenvalue weighted by Crippen LogP contribution is 2.24. The molecule has 0 saturated carbocycles. The summed E-state index contributed by atoms with van der Waals surface area (Å²) in [5.41, 5.74) is -0.449. The minimum atomic E-state index is -0.449. The molecule has 0 aromatic carbocycles. The summed E-state index contributed by atoms with van der Waals surface area (Å²) >= 11 is 1.61. The second-order valence-electron chi connectivity index (χ2n) is 7.00. The van der Waals surface area contributed by atoms with Gasteiger partial charge in [-0.05, 0) is 53.4 Å². The number of hydrogen-bond acceptors (Lipinski definition) is 5. The van der Waals surface area contributed by atoms with E-state index in [0.29, 0.717) is 6.61 Å². The summed E-state index contributed by atoms with van der Waals surface area (Å²) in [5.74, 6) is 0. The quantitative estimate of drug-likeness (QED) is 0.797. The van der Waals surface area contributed by atoms with Gasteiger partial charge < -0.3 is 14.4 Å². The number of hydrogen-bond donors (Lipinski definition) is 0. The number of nitrogens with zero attached hydrogens (tertiary/aromatic N) is 2. The van der Waals surface area contributed by atoms with Crippen molar-refractivity contribution in [3.63, 3.8) is 0 Å². The van der Waals surface area contributed by atoms with Gasteiger partial charge in [-0.2, -0.15) is 0 Å². The first kappa shape index (κ1) is 18.2. The first-order valence-corrected chi connectivity index (χ1v) is 9.25. The Labute approximate surface area is 143 Å². The lowest BCUT2D eigenvalue weighted by Gasteiger charge is -2.36. The van der Waals surface area contributed by atoms with Crippen LogP contribution in [0.4, 0.5) is 4.79 Å². The van der Waals surface area contributed by atoms with Gasteiger partial charge in [-0.1, -0.05) is 0 Å². The summed E-state index contributed by atoms with van der Waals surface area (Å²) in [6.07, 6.45) is 5.68. The molecule has 0 bridgehead atoms. The van der Waals surface area contributed by atoms with Crippen LogP contribution in [0.2, 0.25) is 0 Å². The summed E-state index contributed by atoms with van der Waals surface area (Å²) < 4.78 is 11.4. The van der Waals surface area contributed by atoms with Gasteiger partial charge in [-0.3, -0.25) is 0 Å². The van der Waals surface area contributed by atoms with Crippen LogP contribution in [0.1, 0.15) is 64.5 Å². The van der Waals surface area contributed by atoms with Crippen LogP contribution in [0, 0.1) is 0 Å². The second kappa shape index (κ2) is 8.11. The number of carbonyl (C=O) groups excluding carboxylic acids is 1. The third-order valence-electron chi connectivity index (χ3n) is 3.87. The molecular formula is C17H28N2O3S. The zero-order valence-corrected chi connectivity index (χ0v) is 15.4. The molecule has 1 fully saturated rings. The molecule has 130 valence electrons. The molecule has 23 heavy (non-hydrogen) atoms. The van der Waals surface area contributed by atoms with Crippen molar-refractivity contribution in [2.75, 3.05) is 13.2 Å². The Balaban J connectivity index is 1.82. The van der Waals surface area contributed by atoms with E-state index in [9.17, 15) is 4.79 Å². The Morgan fingerprint density at radius 1 is 1.48 bits per heavy atom. The maximum Gasteiger partial charge on any atom is 0.410 e. The average molecular weight is 340 g/mol. The van der Waals surface area contributed by atoms with E-state index in [1.54, 1.807) is 17.5 Å². The van der Waals surface area contributed by atoms with E-state index in [1.807, 2.05) is 38.0 Å². The van der Waals surface area contributed by atoms with Crippen molar-refractivity contribution in [1.82, 2.24) is 9.88 Å². The summed E-state index contributed by atoms with van der Waals surface area (Å²) in [6.45, 7) is 9.14. The van der Waals surface area contributed by atoms with E-state index in [2.05, 4.69) is 4.98 Å². The van der Waals surface area contributed by atoms with E-state index in [0.717, 1.165) is 37.2 Å². The first-order valence-electron chi connectivity index (χ1n) is 8.37. The first-order chi connectivity index (χ1) is 10.9. The normalized spacial score (nSPS) is 20.3. The van der Waals surface area contributed by atoms with Gasteiger partial charge in [-0.15, -0.1) is 11.3 Å². The van der Waals surface area contributed by atoms with Gasteiger partial charge in [0.15, 0.2) is 0 Å². The van der Waals surface area contributed by atoms with Crippen molar-refractivity contribution in [3.05, 3.63) is 16.6 Å². The summed E-state index contributed by atoms with van der Waals surface area (Å²) in [6, 6.07) is 0.210. The predicted molar refractivity (Wildman–Crippen MR) is 91.7 cm³/mol. The Kier molecular flexibility index (Phi) is 6.41.